The quantitative estimate of drug-likeness (QED) is 0.460. The van der Waals surface area contributed by atoms with Crippen molar-refractivity contribution in [2.45, 2.75) is 0 Å². The minimum Gasteiger partial charge on any atom is -0.306 e. The first-order valence-electron chi connectivity index (χ1n) is 2.33. The van der Waals surface area contributed by atoms with Gasteiger partial charge in [-0.3, -0.25) is 4.18 Å². The monoisotopic (exact) mass is 188 g/mol. The molecule has 0 aliphatic heterocycles. The summed E-state index contributed by atoms with van der Waals surface area (Å²) in [5.41, 5.74) is 0. The van der Waals surface area contributed by atoms with Gasteiger partial charge >= 0.3 is 0 Å². The predicted molar refractivity (Wildman–Crippen MR) is 36.4 cm³/mol. The molecule has 0 bridgehead atoms. The van der Waals surface area contributed by atoms with E-state index in [9.17, 15) is 12.6 Å². The van der Waals surface area contributed by atoms with E-state index < -0.39 is 27.0 Å². The molecule has 0 aliphatic carbocycles. The topological polar surface area (TPSA) is 80.7 Å². The molecule has 10 heavy (non-hydrogen) atoms. The Morgan fingerprint density at radius 1 is 1.60 bits per heavy atom. The Morgan fingerprint density at radius 2 is 2.10 bits per heavy atom. The molecule has 0 aromatic rings. The summed E-state index contributed by atoms with van der Waals surface area (Å²) in [6.07, 6.45) is 0. The second-order valence-corrected chi connectivity index (χ2v) is 4.36. The standard InChI is InChI=1S/C3H8O5S2/c1-8-10(6,7)3-2-9(4)5/h2-3H2,1H3,(H,4,5). The van der Waals surface area contributed by atoms with E-state index in [0.717, 1.165) is 7.11 Å². The van der Waals surface area contributed by atoms with Crippen molar-refractivity contribution in [2.24, 2.45) is 0 Å². The van der Waals surface area contributed by atoms with Crippen molar-refractivity contribution in [2.75, 3.05) is 18.6 Å². The molecule has 0 fully saturated rings. The van der Waals surface area contributed by atoms with E-state index in [0.29, 0.717) is 0 Å². The van der Waals surface area contributed by atoms with Gasteiger partial charge in [0.25, 0.3) is 10.1 Å². The van der Waals surface area contributed by atoms with Gasteiger partial charge in [-0.05, 0) is 0 Å². The maximum absolute atomic E-state index is 10.4. The molecule has 0 aliphatic rings. The Bertz CT molecular complexity index is 205. The maximum Gasteiger partial charge on any atom is 0.268 e. The number of rotatable bonds is 4. The summed E-state index contributed by atoms with van der Waals surface area (Å²) in [6.45, 7) is 0. The van der Waals surface area contributed by atoms with Crippen molar-refractivity contribution in [3.05, 3.63) is 0 Å². The molecule has 1 N–H and O–H groups in total. The second-order valence-electron chi connectivity index (χ2n) is 1.45. The van der Waals surface area contributed by atoms with Crippen LogP contribution in [0.25, 0.3) is 0 Å². The van der Waals surface area contributed by atoms with Gasteiger partial charge in [0.15, 0.2) is 11.1 Å². The normalized spacial score (nSPS) is 15.0. The highest BCUT2D eigenvalue weighted by Gasteiger charge is 2.09. The highest BCUT2D eigenvalue weighted by Crippen LogP contribution is 1.89. The van der Waals surface area contributed by atoms with Gasteiger partial charge < -0.3 is 4.55 Å². The van der Waals surface area contributed by atoms with Gasteiger partial charge in [0.05, 0.1) is 18.6 Å². The van der Waals surface area contributed by atoms with E-state index in [4.69, 9.17) is 4.55 Å². The highest BCUT2D eigenvalue weighted by molar-refractivity contribution is 7.88. The van der Waals surface area contributed by atoms with Gasteiger partial charge in [0.2, 0.25) is 0 Å². The summed E-state index contributed by atoms with van der Waals surface area (Å²) in [5.74, 6) is -0.733. The van der Waals surface area contributed by atoms with Crippen LogP contribution in [-0.4, -0.2) is 35.8 Å². The molecule has 0 radical (unpaired) electrons. The fourth-order valence-corrected chi connectivity index (χ4v) is 1.81. The van der Waals surface area contributed by atoms with E-state index in [-0.39, 0.29) is 5.75 Å². The van der Waals surface area contributed by atoms with Gasteiger partial charge in [-0.2, -0.15) is 8.42 Å². The average Bonchev–Trinajstić information content (AvgIpc) is 1.85. The lowest BCUT2D eigenvalue weighted by molar-refractivity contribution is 0.398. The van der Waals surface area contributed by atoms with Crippen LogP contribution in [-0.2, 0) is 25.4 Å². The van der Waals surface area contributed by atoms with Crippen molar-refractivity contribution in [1.29, 1.82) is 0 Å². The Balaban J connectivity index is 3.81. The molecule has 0 spiro atoms. The van der Waals surface area contributed by atoms with Crippen LogP contribution < -0.4 is 0 Å². The van der Waals surface area contributed by atoms with Crippen LogP contribution in [0.1, 0.15) is 0 Å². The zero-order valence-corrected chi connectivity index (χ0v) is 6.94. The first-order chi connectivity index (χ1) is 4.48. The molecule has 0 rings (SSSR count). The van der Waals surface area contributed by atoms with Crippen molar-refractivity contribution >= 4 is 21.2 Å². The molecule has 1 atom stereocenters. The van der Waals surface area contributed by atoms with Gasteiger partial charge in [0.1, 0.15) is 0 Å². The molecule has 7 heteroatoms. The summed E-state index contributed by atoms with van der Waals surface area (Å²) in [5, 5.41) is 0. The molecular formula is C3H8O5S2. The lowest BCUT2D eigenvalue weighted by atomic mass is 11.0. The average molecular weight is 188 g/mol. The number of hydrogen-bond donors (Lipinski definition) is 1. The first-order valence-corrected chi connectivity index (χ1v) is 5.19. The molecule has 1 unspecified atom stereocenters. The zero-order chi connectivity index (χ0) is 8.20. The minimum atomic E-state index is -3.57. The van der Waals surface area contributed by atoms with Gasteiger partial charge in [-0.15, -0.1) is 0 Å². The molecule has 62 valence electrons. The summed E-state index contributed by atoms with van der Waals surface area (Å²) < 4.78 is 43.0. The van der Waals surface area contributed by atoms with Crippen LogP contribution in [0.3, 0.4) is 0 Å². The fraction of sp³-hybridized carbons (Fsp3) is 1.00. The van der Waals surface area contributed by atoms with Crippen molar-refractivity contribution < 1.29 is 21.4 Å². The van der Waals surface area contributed by atoms with Crippen molar-refractivity contribution in [1.82, 2.24) is 0 Å². The summed E-state index contributed by atoms with van der Waals surface area (Å²) >= 11 is -2.07. The van der Waals surface area contributed by atoms with Crippen LogP contribution in [0.2, 0.25) is 0 Å². The van der Waals surface area contributed by atoms with E-state index in [2.05, 4.69) is 4.18 Å². The summed E-state index contributed by atoms with van der Waals surface area (Å²) in [6, 6.07) is 0. The molecule has 0 aromatic carbocycles. The van der Waals surface area contributed by atoms with Crippen molar-refractivity contribution in [3.63, 3.8) is 0 Å². The lowest BCUT2D eigenvalue weighted by Crippen LogP contribution is -2.13. The van der Waals surface area contributed by atoms with Gasteiger partial charge in [-0.1, -0.05) is 0 Å². The molecule has 5 nitrogen and oxygen atoms in total. The van der Waals surface area contributed by atoms with E-state index >= 15 is 0 Å². The SMILES string of the molecule is COS(=O)(=O)CCS(=O)O. The smallest absolute Gasteiger partial charge is 0.268 e. The van der Waals surface area contributed by atoms with E-state index in [1.807, 2.05) is 0 Å². The van der Waals surface area contributed by atoms with Gasteiger partial charge in [0, 0.05) is 0 Å². The largest absolute Gasteiger partial charge is 0.306 e. The highest BCUT2D eigenvalue weighted by atomic mass is 32.2. The Kier molecular flexibility index (Phi) is 4.02. The molecule has 0 saturated carbocycles. The van der Waals surface area contributed by atoms with Gasteiger partial charge in [-0.25, -0.2) is 4.21 Å². The maximum atomic E-state index is 10.4. The molecular weight excluding hydrogens is 180 g/mol. The molecule has 0 heterocycles. The predicted octanol–water partition coefficient (Wildman–Crippen LogP) is -0.816. The van der Waals surface area contributed by atoms with E-state index in [1.165, 1.54) is 0 Å². The summed E-state index contributed by atoms with van der Waals surface area (Å²) in [7, 11) is -2.56. The molecule has 0 saturated heterocycles. The Labute approximate surface area is 61.8 Å². The van der Waals surface area contributed by atoms with Crippen LogP contribution >= 0.6 is 0 Å². The van der Waals surface area contributed by atoms with Crippen LogP contribution in [0.15, 0.2) is 0 Å². The second kappa shape index (κ2) is 4.02. The third-order valence-corrected chi connectivity index (χ3v) is 2.79. The van der Waals surface area contributed by atoms with E-state index in [1.54, 1.807) is 0 Å². The minimum absolute atomic E-state index is 0.309. The molecule has 0 aromatic heterocycles. The zero-order valence-electron chi connectivity index (χ0n) is 5.31. The first kappa shape index (κ1) is 10.0. The van der Waals surface area contributed by atoms with Crippen LogP contribution in [0.4, 0.5) is 0 Å². The Hall–Kier alpha value is 0.0200. The third-order valence-electron chi connectivity index (χ3n) is 0.762. The number of hydrogen-bond acceptors (Lipinski definition) is 4. The Morgan fingerprint density at radius 3 is 2.40 bits per heavy atom. The molecule has 0 amide bonds. The third kappa shape index (κ3) is 4.86. The van der Waals surface area contributed by atoms with Crippen LogP contribution in [0, 0.1) is 0 Å². The van der Waals surface area contributed by atoms with Crippen molar-refractivity contribution in [3.8, 4) is 0 Å². The lowest BCUT2D eigenvalue weighted by Gasteiger charge is -1.96. The fourth-order valence-electron chi connectivity index (χ4n) is 0.257. The van der Waals surface area contributed by atoms with Crippen LogP contribution in [0.5, 0.6) is 0 Å². The summed E-state index contributed by atoms with van der Waals surface area (Å²) in [4.78, 5) is 0.